The van der Waals surface area contributed by atoms with Gasteiger partial charge in [-0.2, -0.15) is 0 Å². The first kappa shape index (κ1) is 56.2. The Morgan fingerprint density at radius 3 is 0.902 bits per heavy atom. The van der Waals surface area contributed by atoms with Crippen LogP contribution in [0.4, 0.5) is 34.1 Å². The highest BCUT2D eigenvalue weighted by Gasteiger charge is 2.27. The number of para-hydroxylation sites is 8. The van der Waals surface area contributed by atoms with Gasteiger partial charge < -0.3 is 18.6 Å². The summed E-state index contributed by atoms with van der Waals surface area (Å²) in [5.74, 6) is 0. The van der Waals surface area contributed by atoms with E-state index in [1.54, 1.807) is 0 Å². The Morgan fingerprint density at radius 1 is 0.176 bits per heavy atom. The number of rotatable bonds is 9. The molecule has 15 aromatic carbocycles. The van der Waals surface area contributed by atoms with E-state index in [0.717, 1.165) is 78.0 Å². The van der Waals surface area contributed by atoms with E-state index in [4.69, 9.17) is 8.83 Å². The summed E-state index contributed by atoms with van der Waals surface area (Å²) in [6.45, 7) is 0. The van der Waals surface area contributed by atoms with Crippen LogP contribution in [0.1, 0.15) is 0 Å². The summed E-state index contributed by atoms with van der Waals surface area (Å²) in [5, 5.41) is 12.1. The maximum atomic E-state index is 6.40. The summed E-state index contributed by atoms with van der Waals surface area (Å²) in [5.41, 5.74) is 29.4. The number of hydrogen-bond acceptors (Lipinski definition) is 4. The van der Waals surface area contributed by atoms with Crippen molar-refractivity contribution in [2.75, 3.05) is 9.80 Å². The first-order valence-electron chi connectivity index (χ1n) is 34.8. The Labute approximate surface area is 583 Å². The van der Waals surface area contributed by atoms with Gasteiger partial charge in [0.1, 0.15) is 33.6 Å². The van der Waals surface area contributed by atoms with Crippen molar-refractivity contribution in [1.29, 1.82) is 0 Å². The van der Waals surface area contributed by atoms with Gasteiger partial charge in [0.25, 0.3) is 0 Å². The van der Waals surface area contributed by atoms with Crippen LogP contribution in [-0.4, -0.2) is 17.6 Å². The molecule has 8 nitrogen and oxygen atoms in total. The second-order valence-corrected chi connectivity index (χ2v) is 26.8. The predicted molar refractivity (Wildman–Crippen MR) is 424 cm³/mol. The number of furan rings is 2. The smallest absolute Gasteiger partial charge is 0.137 e. The second kappa shape index (κ2) is 21.8. The lowest BCUT2D eigenvalue weighted by Crippen LogP contribution is -2.09. The Kier molecular flexibility index (Phi) is 12.0. The maximum Gasteiger partial charge on any atom is 0.137 e. The predicted octanol–water partition coefficient (Wildman–Crippen LogP) is 25.9. The fourth-order valence-corrected chi connectivity index (χ4v) is 16.7. The van der Waals surface area contributed by atoms with Gasteiger partial charge in [0.15, 0.2) is 0 Å². The van der Waals surface area contributed by atoms with Gasteiger partial charge in [0.05, 0.1) is 44.1 Å². The third-order valence-electron chi connectivity index (χ3n) is 21.3. The van der Waals surface area contributed by atoms with Crippen molar-refractivity contribution in [2.45, 2.75) is 0 Å². The number of fused-ring (bicyclic) bond motifs is 24. The summed E-state index contributed by atoms with van der Waals surface area (Å²) in [7, 11) is 0. The molecular formula is C94H58N6O2. The molecule has 8 heteroatoms. The van der Waals surface area contributed by atoms with E-state index in [-0.39, 0.29) is 0 Å². The molecular weight excluding hydrogens is 1250 g/mol. The minimum atomic E-state index is 0.859. The summed E-state index contributed by atoms with van der Waals surface area (Å²) >= 11 is 0. The van der Waals surface area contributed by atoms with Gasteiger partial charge in [-0.15, -0.1) is 0 Å². The zero-order valence-corrected chi connectivity index (χ0v) is 55.0. The summed E-state index contributed by atoms with van der Waals surface area (Å²) < 4.78 is 22.5. The molecule has 0 aliphatic rings. The number of hydrogen-bond donors (Lipinski definition) is 0. The van der Waals surface area contributed by atoms with Crippen LogP contribution in [0.25, 0.3) is 165 Å². The van der Waals surface area contributed by atoms with Crippen molar-refractivity contribution in [2.24, 2.45) is 0 Å². The quantitative estimate of drug-likeness (QED) is 0.145. The number of imidazole rings is 2. The Morgan fingerprint density at radius 2 is 0.461 bits per heavy atom. The standard InChI is InChI=1S/C50H33N3.C44H25N3O2/c1-3-11-34(12-4-1)36-19-26-40(27-20-36)51(41-28-21-37(22-29-41)35-13-5-2-6-14-35)42-30-23-38(24-31-42)39-25-32-46-44(33-39)49-43-15-7-8-16-45(43)52-47-17-9-10-18-48(47)53(46)50(49)52;1-4-12-35-33(11-1)43-34-23-26(19-22-36(34)47-38-14-6-5-13-37(38)46(35)44(43)47)45(27-17-20-31-29-9-2-7-15-39(29)48-41(31)24-27)28-18-21-32-30-10-3-8-16-40(30)49-42(32)25-28/h1-33H;1-25H. The molecule has 0 unspecified atom stereocenters. The molecule has 23 rings (SSSR count). The van der Waals surface area contributed by atoms with Crippen molar-refractivity contribution >= 4 is 166 Å². The van der Waals surface area contributed by atoms with Crippen LogP contribution in [0, 0.1) is 0 Å². The van der Waals surface area contributed by atoms with E-state index in [1.165, 1.54) is 121 Å². The maximum absolute atomic E-state index is 6.40. The van der Waals surface area contributed by atoms with Crippen LogP contribution < -0.4 is 9.80 Å². The van der Waals surface area contributed by atoms with Crippen molar-refractivity contribution in [3.8, 4) is 33.4 Å². The van der Waals surface area contributed by atoms with Crippen LogP contribution in [0.15, 0.2) is 361 Å². The molecule has 102 heavy (non-hydrogen) atoms. The molecule has 0 aliphatic carbocycles. The molecule has 476 valence electrons. The number of benzene rings is 15. The molecule has 0 atom stereocenters. The van der Waals surface area contributed by atoms with Crippen LogP contribution in [0.5, 0.6) is 0 Å². The summed E-state index contributed by atoms with van der Waals surface area (Å²) in [4.78, 5) is 4.67. The average molecular weight is 1300 g/mol. The van der Waals surface area contributed by atoms with Gasteiger partial charge in [0.2, 0.25) is 0 Å². The second-order valence-electron chi connectivity index (χ2n) is 26.8. The lowest BCUT2D eigenvalue weighted by atomic mass is 10.0. The van der Waals surface area contributed by atoms with Crippen molar-refractivity contribution < 1.29 is 8.83 Å². The molecule has 0 amide bonds. The van der Waals surface area contributed by atoms with Gasteiger partial charge in [-0.3, -0.25) is 17.6 Å². The fraction of sp³-hybridized carbons (Fsp3) is 0. The number of anilines is 6. The van der Waals surface area contributed by atoms with Crippen molar-refractivity contribution in [1.82, 2.24) is 17.6 Å². The highest BCUT2D eigenvalue weighted by molar-refractivity contribution is 6.26. The van der Waals surface area contributed by atoms with Gasteiger partial charge in [-0.05, 0) is 173 Å². The zero-order valence-electron chi connectivity index (χ0n) is 55.0. The van der Waals surface area contributed by atoms with Gasteiger partial charge in [0, 0.05) is 100 Å². The highest BCUT2D eigenvalue weighted by Crippen LogP contribution is 2.48. The Balaban J connectivity index is 0.000000129. The third-order valence-corrected chi connectivity index (χ3v) is 21.3. The molecule has 0 radical (unpaired) electrons. The van der Waals surface area contributed by atoms with Crippen LogP contribution in [-0.2, 0) is 0 Å². The van der Waals surface area contributed by atoms with Crippen molar-refractivity contribution in [3.63, 3.8) is 0 Å². The third kappa shape index (κ3) is 8.32. The lowest BCUT2D eigenvalue weighted by Gasteiger charge is -2.26. The molecule has 0 saturated carbocycles. The van der Waals surface area contributed by atoms with Gasteiger partial charge >= 0.3 is 0 Å². The molecule has 23 aromatic rings. The van der Waals surface area contributed by atoms with E-state index in [0.29, 0.717) is 0 Å². The van der Waals surface area contributed by atoms with Crippen LogP contribution >= 0.6 is 0 Å². The van der Waals surface area contributed by atoms with Gasteiger partial charge in [-0.1, -0.05) is 200 Å². The van der Waals surface area contributed by atoms with E-state index in [1.807, 2.05) is 24.3 Å². The van der Waals surface area contributed by atoms with Crippen LogP contribution in [0.2, 0.25) is 0 Å². The highest BCUT2D eigenvalue weighted by atomic mass is 16.3. The molecule has 8 heterocycles. The van der Waals surface area contributed by atoms with E-state index in [2.05, 4.69) is 355 Å². The molecule has 0 saturated heterocycles. The molecule has 0 N–H and O–H groups in total. The van der Waals surface area contributed by atoms with E-state index in [9.17, 15) is 0 Å². The lowest BCUT2D eigenvalue weighted by molar-refractivity contribution is 0.669. The fourth-order valence-electron chi connectivity index (χ4n) is 16.7. The van der Waals surface area contributed by atoms with E-state index >= 15 is 0 Å². The topological polar surface area (TPSA) is 50.4 Å². The first-order chi connectivity index (χ1) is 50.6. The first-order valence-corrected chi connectivity index (χ1v) is 34.8. The minimum absolute atomic E-state index is 0.859. The average Bonchev–Trinajstić information content (AvgIpc) is 1.52. The molecule has 0 spiro atoms. The number of aromatic nitrogens is 4. The van der Waals surface area contributed by atoms with Crippen LogP contribution in [0.3, 0.4) is 0 Å². The molecule has 8 aromatic heterocycles. The summed E-state index contributed by atoms with van der Waals surface area (Å²) in [6, 6.07) is 126. The number of nitrogens with zero attached hydrogens (tertiary/aromatic N) is 6. The normalized spacial score (nSPS) is 12.1. The van der Waals surface area contributed by atoms with E-state index < -0.39 is 0 Å². The van der Waals surface area contributed by atoms with Gasteiger partial charge in [-0.25, -0.2) is 0 Å². The molecule has 0 aliphatic heterocycles. The summed E-state index contributed by atoms with van der Waals surface area (Å²) in [6.07, 6.45) is 0. The monoisotopic (exact) mass is 1300 g/mol. The van der Waals surface area contributed by atoms with Crippen molar-refractivity contribution in [3.05, 3.63) is 352 Å². The molecule has 0 bridgehead atoms. The zero-order chi connectivity index (χ0) is 66.7. The molecule has 0 fully saturated rings. The Bertz CT molecular complexity index is 7030. The largest absolute Gasteiger partial charge is 0.456 e. The Hall–Kier alpha value is -13.8. The minimum Gasteiger partial charge on any atom is -0.456 e. The SMILES string of the molecule is c1ccc(-c2ccc(N(c3ccc(-c4ccccc4)cc3)c3ccc(-c4ccc5c(c4)c4c6ccccc6n6c7ccccc7n5c46)cc3)cc2)cc1.c1ccc2c(c1)oc1cc(N(c3ccc4c(c3)oc3ccccc34)c3ccc4c(c3)c3c5ccccc5n5c6ccccc6n4c35)ccc12.